The van der Waals surface area contributed by atoms with Crippen LogP contribution in [-0.4, -0.2) is 16.8 Å². The van der Waals surface area contributed by atoms with Gasteiger partial charge >= 0.3 is 0 Å². The Labute approximate surface area is 96.4 Å². The van der Waals surface area contributed by atoms with Crippen molar-refractivity contribution in [3.8, 4) is 6.07 Å². The van der Waals surface area contributed by atoms with E-state index < -0.39 is 0 Å². The molecule has 1 heterocycles. The minimum atomic E-state index is -0.235. The summed E-state index contributed by atoms with van der Waals surface area (Å²) in [4.78, 5) is 12.8. The molecule has 1 aromatic carbocycles. The number of halogens is 1. The fraction of sp³-hybridized carbons (Fsp3) is 0.273. The predicted molar refractivity (Wildman–Crippen MR) is 58.7 cm³/mol. The molecule has 1 fully saturated rings. The number of nitriles is 1. The van der Waals surface area contributed by atoms with Crippen LogP contribution in [0.3, 0.4) is 0 Å². The Morgan fingerprint density at radius 2 is 2.13 bits per heavy atom. The molecule has 3 nitrogen and oxygen atoms in total. The van der Waals surface area contributed by atoms with Gasteiger partial charge in [0.2, 0.25) is 5.91 Å². The molecule has 1 amide bonds. The molecule has 4 heteroatoms. The number of hydrogen-bond acceptors (Lipinski definition) is 2. The maximum Gasteiger partial charge on any atom is 0.227 e. The van der Waals surface area contributed by atoms with E-state index in [4.69, 9.17) is 5.26 Å². The molecule has 0 radical (unpaired) electrons. The number of likely N-dealkylation sites (tertiary alicyclic amines) is 1. The van der Waals surface area contributed by atoms with Crippen molar-refractivity contribution in [3.05, 3.63) is 34.3 Å². The third-order valence-corrected chi connectivity index (χ3v) is 3.01. The lowest BCUT2D eigenvalue weighted by atomic mass is 10.0. The average Bonchev–Trinajstić information content (AvgIpc) is 2.24. The summed E-state index contributed by atoms with van der Waals surface area (Å²) in [5.41, 5.74) is 1.05. The van der Waals surface area contributed by atoms with Gasteiger partial charge in [0.1, 0.15) is 6.04 Å². The summed E-state index contributed by atoms with van der Waals surface area (Å²) in [7, 11) is 0. The highest BCUT2D eigenvalue weighted by Gasteiger charge is 2.35. The molecule has 0 aliphatic carbocycles. The zero-order chi connectivity index (χ0) is 10.8. The van der Waals surface area contributed by atoms with Crippen molar-refractivity contribution < 1.29 is 4.79 Å². The van der Waals surface area contributed by atoms with Crippen molar-refractivity contribution in [2.24, 2.45) is 0 Å². The number of β-lactam (4-membered cyclic amide) rings is 1. The molecule has 1 aliphatic rings. The van der Waals surface area contributed by atoms with Gasteiger partial charge in [0.25, 0.3) is 0 Å². The van der Waals surface area contributed by atoms with Crippen LogP contribution in [0.15, 0.2) is 28.7 Å². The molecule has 76 valence electrons. The Hall–Kier alpha value is -1.34. The summed E-state index contributed by atoms with van der Waals surface area (Å²) in [6, 6.07) is 9.63. The Morgan fingerprint density at radius 3 is 2.67 bits per heavy atom. The van der Waals surface area contributed by atoms with Crippen molar-refractivity contribution >= 4 is 21.8 Å². The average molecular weight is 265 g/mol. The normalized spacial score (nSPS) is 19.6. The lowest BCUT2D eigenvalue weighted by Gasteiger charge is -2.35. The molecule has 0 aromatic heterocycles. The van der Waals surface area contributed by atoms with Gasteiger partial charge in [0.15, 0.2) is 0 Å². The second-order valence-electron chi connectivity index (χ2n) is 3.50. The minimum absolute atomic E-state index is 0.0597. The third-order valence-electron chi connectivity index (χ3n) is 2.48. The van der Waals surface area contributed by atoms with Gasteiger partial charge in [-0.3, -0.25) is 4.79 Å². The lowest BCUT2D eigenvalue weighted by Crippen LogP contribution is -2.50. The molecular weight excluding hydrogens is 256 g/mol. The van der Waals surface area contributed by atoms with Crippen molar-refractivity contribution in [1.29, 1.82) is 5.26 Å². The molecule has 1 aliphatic heterocycles. The Kier molecular flexibility index (Phi) is 2.74. The zero-order valence-corrected chi connectivity index (χ0v) is 9.57. The largest absolute Gasteiger partial charge is 0.322 e. The number of carbonyl (C=O) groups is 1. The fourth-order valence-electron chi connectivity index (χ4n) is 1.55. The minimum Gasteiger partial charge on any atom is -0.322 e. The summed E-state index contributed by atoms with van der Waals surface area (Å²) < 4.78 is 1.01. The van der Waals surface area contributed by atoms with Gasteiger partial charge in [0.05, 0.1) is 12.5 Å². The van der Waals surface area contributed by atoms with E-state index in [-0.39, 0.29) is 11.9 Å². The Balaban J connectivity index is 2.06. The van der Waals surface area contributed by atoms with Gasteiger partial charge in [-0.05, 0) is 17.7 Å². The molecular formula is C11H9BrN2O. The first-order chi connectivity index (χ1) is 7.20. The van der Waals surface area contributed by atoms with Gasteiger partial charge in [-0.25, -0.2) is 0 Å². The second-order valence-corrected chi connectivity index (χ2v) is 4.41. The standard InChI is InChI=1S/C11H9BrN2O/c12-9-3-1-8(2-4-9)7-14-10(6-13)5-11(14)15/h1-4,10H,5,7H2. The monoisotopic (exact) mass is 264 g/mol. The summed E-state index contributed by atoms with van der Waals surface area (Å²) in [6.07, 6.45) is 0.368. The van der Waals surface area contributed by atoms with Crippen molar-refractivity contribution in [3.63, 3.8) is 0 Å². The molecule has 0 bridgehead atoms. The summed E-state index contributed by atoms with van der Waals surface area (Å²) >= 11 is 3.35. The Bertz CT molecular complexity index is 421. The van der Waals surface area contributed by atoms with Crippen LogP contribution in [0.1, 0.15) is 12.0 Å². The third kappa shape index (κ3) is 2.02. The summed E-state index contributed by atoms with van der Waals surface area (Å²) in [5.74, 6) is 0.0597. The molecule has 1 unspecified atom stereocenters. The van der Waals surface area contributed by atoms with Crippen molar-refractivity contribution in [2.75, 3.05) is 0 Å². The molecule has 0 saturated carbocycles. The van der Waals surface area contributed by atoms with Crippen LogP contribution >= 0.6 is 15.9 Å². The summed E-state index contributed by atoms with van der Waals surface area (Å²) in [6.45, 7) is 0.532. The highest BCUT2D eigenvalue weighted by atomic mass is 79.9. The molecule has 1 saturated heterocycles. The van der Waals surface area contributed by atoms with E-state index >= 15 is 0 Å². The maximum absolute atomic E-state index is 11.2. The van der Waals surface area contributed by atoms with Gasteiger partial charge in [-0.2, -0.15) is 5.26 Å². The van der Waals surface area contributed by atoms with Crippen molar-refractivity contribution in [2.45, 2.75) is 19.0 Å². The smallest absolute Gasteiger partial charge is 0.227 e. The van der Waals surface area contributed by atoms with Crippen LogP contribution in [0.25, 0.3) is 0 Å². The van der Waals surface area contributed by atoms with E-state index in [2.05, 4.69) is 22.0 Å². The number of benzene rings is 1. The first-order valence-corrected chi connectivity index (χ1v) is 5.43. The van der Waals surface area contributed by atoms with Crippen LogP contribution in [0.4, 0.5) is 0 Å². The first kappa shape index (κ1) is 10.2. The number of rotatable bonds is 2. The van der Waals surface area contributed by atoms with E-state index in [1.165, 1.54) is 0 Å². The zero-order valence-electron chi connectivity index (χ0n) is 7.98. The molecule has 1 aromatic rings. The first-order valence-electron chi connectivity index (χ1n) is 4.64. The predicted octanol–water partition coefficient (Wildman–Crippen LogP) is 2.07. The van der Waals surface area contributed by atoms with Crippen LogP contribution in [0.2, 0.25) is 0 Å². The van der Waals surface area contributed by atoms with Crippen molar-refractivity contribution in [1.82, 2.24) is 4.90 Å². The van der Waals surface area contributed by atoms with E-state index in [9.17, 15) is 4.79 Å². The van der Waals surface area contributed by atoms with Crippen LogP contribution in [0, 0.1) is 11.3 Å². The van der Waals surface area contributed by atoms with Crippen LogP contribution < -0.4 is 0 Å². The number of carbonyl (C=O) groups excluding carboxylic acids is 1. The van der Waals surface area contributed by atoms with E-state index in [1.54, 1.807) is 4.90 Å². The highest BCUT2D eigenvalue weighted by Crippen LogP contribution is 2.22. The quantitative estimate of drug-likeness (QED) is 0.768. The summed E-state index contributed by atoms with van der Waals surface area (Å²) in [5, 5.41) is 8.74. The lowest BCUT2D eigenvalue weighted by molar-refractivity contribution is -0.144. The van der Waals surface area contributed by atoms with Gasteiger partial charge in [-0.15, -0.1) is 0 Å². The fourth-order valence-corrected chi connectivity index (χ4v) is 1.82. The number of nitrogens with zero attached hydrogens (tertiary/aromatic N) is 2. The van der Waals surface area contributed by atoms with E-state index in [0.29, 0.717) is 13.0 Å². The van der Waals surface area contributed by atoms with E-state index in [1.807, 2.05) is 24.3 Å². The van der Waals surface area contributed by atoms with E-state index in [0.717, 1.165) is 10.0 Å². The number of amides is 1. The van der Waals surface area contributed by atoms with Gasteiger partial charge in [0, 0.05) is 11.0 Å². The highest BCUT2D eigenvalue weighted by molar-refractivity contribution is 9.10. The van der Waals surface area contributed by atoms with Crippen LogP contribution in [-0.2, 0) is 11.3 Å². The topological polar surface area (TPSA) is 44.1 Å². The maximum atomic E-state index is 11.2. The molecule has 1 atom stereocenters. The second kappa shape index (κ2) is 4.03. The molecule has 2 rings (SSSR count). The SMILES string of the molecule is N#CC1CC(=O)N1Cc1ccc(Br)cc1. The molecule has 0 spiro atoms. The van der Waals surface area contributed by atoms with Crippen LogP contribution in [0.5, 0.6) is 0 Å². The molecule has 15 heavy (non-hydrogen) atoms. The molecule has 0 N–H and O–H groups in total. The Morgan fingerprint density at radius 1 is 1.47 bits per heavy atom. The number of hydrogen-bond donors (Lipinski definition) is 0. The van der Waals surface area contributed by atoms with Gasteiger partial charge in [-0.1, -0.05) is 28.1 Å². The van der Waals surface area contributed by atoms with Gasteiger partial charge < -0.3 is 4.90 Å².